The molecule has 0 atom stereocenters. The summed E-state index contributed by atoms with van der Waals surface area (Å²) >= 11 is 0. The fourth-order valence-electron chi connectivity index (χ4n) is 6.84. The first kappa shape index (κ1) is 39.4. The lowest BCUT2D eigenvalue weighted by Gasteiger charge is -2.25. The summed E-state index contributed by atoms with van der Waals surface area (Å²) in [6.45, 7) is 5.01. The molecular weight excluding hydrogens is 787 g/mol. The molecule has 1 fully saturated rings. The molecule has 9 rings (SSSR count). The first-order valence-corrected chi connectivity index (χ1v) is 21.9. The van der Waals surface area contributed by atoms with Gasteiger partial charge in [0.2, 0.25) is 10.0 Å². The molecule has 1 aliphatic heterocycles. The highest BCUT2D eigenvalue weighted by molar-refractivity contribution is 7.89. The lowest BCUT2D eigenvalue weighted by atomic mass is 10.1. The fourth-order valence-corrected chi connectivity index (χ4v) is 8.84. The molecule has 16 heteroatoms. The highest BCUT2D eigenvalue weighted by Gasteiger charge is 2.26. The molecule has 1 aliphatic rings. The zero-order valence-electron chi connectivity index (χ0n) is 32.3. The molecule has 0 amide bonds. The van der Waals surface area contributed by atoms with E-state index < -0.39 is 20.1 Å². The van der Waals surface area contributed by atoms with E-state index in [2.05, 4.69) is 25.8 Å². The highest BCUT2D eigenvalue weighted by atomic mass is 32.2. The first-order valence-electron chi connectivity index (χ1n) is 19.0. The van der Waals surface area contributed by atoms with Crippen molar-refractivity contribution < 1.29 is 21.4 Å². The van der Waals surface area contributed by atoms with Crippen molar-refractivity contribution in [1.82, 2.24) is 33.5 Å². The number of nitrogens with zero attached hydrogens (tertiary/aromatic N) is 7. The van der Waals surface area contributed by atoms with E-state index in [0.29, 0.717) is 35.1 Å². The van der Waals surface area contributed by atoms with Gasteiger partial charge in [-0.15, -0.1) is 0 Å². The standard InChI is InChI=1S/C24H25N5O2S.C19H16N4O3S/c1-18-16-23-26-22(19-8-4-2-5-9-19)17-24(29(23)27-18)25-20-10-12-21(13-11-20)32(30,31)28-14-6-3-7-15-28;1-13-11-18-21-17(14-5-3-2-4-6-14)12-19(23(18)22-13)20-15-7-9-16(10-8-15)27(24,25)26/h2,4-5,8-13,16-17,25H,3,6-7,14-15H2,1H3;2-12,20H,1H3,(H,24,25,26). The van der Waals surface area contributed by atoms with Crippen molar-refractivity contribution in [2.75, 3.05) is 23.7 Å². The molecule has 3 N–H and O–H groups in total. The quantitative estimate of drug-likeness (QED) is 0.119. The lowest BCUT2D eigenvalue weighted by Crippen LogP contribution is -2.35. The van der Waals surface area contributed by atoms with Crippen LogP contribution in [-0.4, -0.2) is 68.0 Å². The number of piperidine rings is 1. The Kier molecular flexibility index (Phi) is 11.0. The minimum atomic E-state index is -4.22. The van der Waals surface area contributed by atoms with Crippen molar-refractivity contribution in [2.45, 2.75) is 42.9 Å². The van der Waals surface area contributed by atoms with E-state index in [9.17, 15) is 16.8 Å². The van der Waals surface area contributed by atoms with Gasteiger partial charge in [0.15, 0.2) is 11.3 Å². The molecule has 0 spiro atoms. The Morgan fingerprint density at radius 2 is 0.966 bits per heavy atom. The minimum absolute atomic E-state index is 0.159. The zero-order chi connectivity index (χ0) is 41.1. The molecule has 1 saturated heterocycles. The summed E-state index contributed by atoms with van der Waals surface area (Å²) < 4.78 is 62.4. The van der Waals surface area contributed by atoms with Gasteiger partial charge in [0.05, 0.1) is 32.6 Å². The average molecular weight is 828 g/mol. The molecule has 5 heterocycles. The number of nitrogens with one attached hydrogen (secondary N) is 2. The lowest BCUT2D eigenvalue weighted by molar-refractivity contribution is 0.346. The van der Waals surface area contributed by atoms with Crippen molar-refractivity contribution in [3.63, 3.8) is 0 Å². The maximum atomic E-state index is 12.9. The topological polar surface area (TPSA) is 176 Å². The molecule has 0 unspecified atom stereocenters. The van der Waals surface area contributed by atoms with E-state index >= 15 is 0 Å². The summed E-state index contributed by atoms with van der Waals surface area (Å²) in [5.41, 5.74) is 8.20. The predicted octanol–water partition coefficient (Wildman–Crippen LogP) is 8.32. The van der Waals surface area contributed by atoms with Crippen LogP contribution in [0, 0.1) is 13.8 Å². The third kappa shape index (κ3) is 8.85. The average Bonchev–Trinajstić information content (AvgIpc) is 3.83. The van der Waals surface area contributed by atoms with Gasteiger partial charge in [0.1, 0.15) is 11.6 Å². The van der Waals surface area contributed by atoms with Gasteiger partial charge in [-0.1, -0.05) is 67.1 Å². The second-order valence-corrected chi connectivity index (χ2v) is 17.5. The Labute approximate surface area is 342 Å². The summed E-state index contributed by atoms with van der Waals surface area (Å²) in [6, 6.07) is 40.2. The number of aromatic nitrogens is 6. The van der Waals surface area contributed by atoms with E-state index in [-0.39, 0.29) is 4.90 Å². The van der Waals surface area contributed by atoms with Crippen LogP contribution in [0.3, 0.4) is 0 Å². The van der Waals surface area contributed by atoms with Gasteiger partial charge in [0, 0.05) is 59.9 Å². The van der Waals surface area contributed by atoms with Gasteiger partial charge in [0.25, 0.3) is 10.1 Å². The van der Waals surface area contributed by atoms with Gasteiger partial charge >= 0.3 is 0 Å². The molecule has 0 aliphatic carbocycles. The molecule has 0 saturated carbocycles. The van der Waals surface area contributed by atoms with Crippen LogP contribution in [0.2, 0.25) is 0 Å². The number of rotatable bonds is 9. The largest absolute Gasteiger partial charge is 0.340 e. The fraction of sp³-hybridized carbons (Fsp3) is 0.163. The summed E-state index contributed by atoms with van der Waals surface area (Å²) in [4.78, 5) is 9.57. The minimum Gasteiger partial charge on any atom is -0.340 e. The Morgan fingerprint density at radius 1 is 0.542 bits per heavy atom. The Morgan fingerprint density at radius 3 is 1.39 bits per heavy atom. The number of sulfonamides is 1. The normalized spacial score (nSPS) is 13.5. The second-order valence-electron chi connectivity index (χ2n) is 14.1. The van der Waals surface area contributed by atoms with Gasteiger partial charge in [-0.05, 0) is 75.2 Å². The van der Waals surface area contributed by atoms with Crippen molar-refractivity contribution in [2.24, 2.45) is 0 Å². The SMILES string of the molecule is Cc1cc2nc(-c3ccccc3)cc(Nc3ccc(S(=O)(=O)N4CCCCC4)cc3)n2n1.Cc1cc2nc(-c3ccccc3)cc(Nc3ccc(S(=O)(=O)O)cc3)n2n1. The van der Waals surface area contributed by atoms with Crippen LogP contribution in [-0.2, 0) is 20.1 Å². The van der Waals surface area contributed by atoms with Gasteiger partial charge in [-0.3, -0.25) is 4.55 Å². The Bertz CT molecular complexity index is 2970. The van der Waals surface area contributed by atoms with Gasteiger partial charge in [-0.25, -0.2) is 18.4 Å². The number of fused-ring (bicyclic) bond motifs is 2. The van der Waals surface area contributed by atoms with E-state index in [0.717, 1.165) is 70.3 Å². The van der Waals surface area contributed by atoms with Crippen LogP contribution in [0.15, 0.2) is 143 Å². The van der Waals surface area contributed by atoms with Gasteiger partial charge < -0.3 is 10.6 Å². The second kappa shape index (κ2) is 16.4. The van der Waals surface area contributed by atoms with Crippen LogP contribution in [0.5, 0.6) is 0 Å². The summed E-state index contributed by atoms with van der Waals surface area (Å²) in [5, 5.41) is 15.6. The maximum absolute atomic E-state index is 12.9. The zero-order valence-corrected chi connectivity index (χ0v) is 33.9. The van der Waals surface area contributed by atoms with Crippen molar-refractivity contribution in [3.05, 3.63) is 145 Å². The van der Waals surface area contributed by atoms with Crippen molar-refractivity contribution in [1.29, 1.82) is 0 Å². The molecular formula is C43H41N9O5S2. The van der Waals surface area contributed by atoms with Crippen LogP contribution in [0.1, 0.15) is 30.7 Å². The van der Waals surface area contributed by atoms with Crippen molar-refractivity contribution >= 4 is 54.4 Å². The predicted molar refractivity (Wildman–Crippen MR) is 228 cm³/mol. The first-order chi connectivity index (χ1) is 28.4. The number of hydrogen-bond donors (Lipinski definition) is 3. The van der Waals surface area contributed by atoms with Crippen LogP contribution in [0.4, 0.5) is 23.0 Å². The number of hydrogen-bond acceptors (Lipinski definition) is 10. The number of benzene rings is 4. The molecule has 4 aromatic carbocycles. The Balaban J connectivity index is 0.000000167. The molecule has 8 aromatic rings. The van der Waals surface area contributed by atoms with E-state index in [1.807, 2.05) is 98.8 Å². The highest BCUT2D eigenvalue weighted by Crippen LogP contribution is 2.28. The monoisotopic (exact) mass is 827 g/mol. The number of aryl methyl sites for hydroxylation is 2. The third-order valence-electron chi connectivity index (χ3n) is 9.74. The van der Waals surface area contributed by atoms with Crippen molar-refractivity contribution in [3.8, 4) is 22.5 Å². The van der Waals surface area contributed by atoms with Crippen LogP contribution in [0.25, 0.3) is 33.8 Å². The summed E-state index contributed by atoms with van der Waals surface area (Å²) in [5.74, 6) is 1.44. The molecule has 4 aromatic heterocycles. The molecule has 0 bridgehead atoms. The van der Waals surface area contributed by atoms with E-state index in [1.54, 1.807) is 49.7 Å². The van der Waals surface area contributed by atoms with E-state index in [1.165, 1.54) is 12.1 Å². The van der Waals surface area contributed by atoms with Gasteiger partial charge in [-0.2, -0.15) is 32.0 Å². The third-order valence-corrected chi connectivity index (χ3v) is 12.5. The summed E-state index contributed by atoms with van der Waals surface area (Å²) in [6.07, 6.45) is 2.93. The van der Waals surface area contributed by atoms with E-state index in [4.69, 9.17) is 9.54 Å². The van der Waals surface area contributed by atoms with Crippen LogP contribution < -0.4 is 10.6 Å². The smallest absolute Gasteiger partial charge is 0.294 e. The molecule has 59 heavy (non-hydrogen) atoms. The maximum Gasteiger partial charge on any atom is 0.294 e. The molecule has 14 nitrogen and oxygen atoms in total. The number of anilines is 4. The molecule has 300 valence electrons. The Hall–Kier alpha value is -6.46. The molecule has 0 radical (unpaired) electrons. The van der Waals surface area contributed by atoms with Crippen LogP contribution >= 0.6 is 0 Å². The summed E-state index contributed by atoms with van der Waals surface area (Å²) in [7, 11) is -7.67.